The Kier molecular flexibility index (Phi) is 5.58. The molecule has 1 fully saturated rings. The Labute approximate surface area is 169 Å². The standard InChI is InChI=1S/C22H25FN4O2/c1-2-26-9-11-27(12-10-26)22(29)16-4-8-20(24-14-16)25-21(28)19-6-3-15-13-17(23)5-7-18(15)19/h4-5,7-8,13-14,19H,2-3,6,9-12H2,1H3,(H,24,25,28). The van der Waals surface area contributed by atoms with Crippen LogP contribution in [0.2, 0.25) is 0 Å². The lowest BCUT2D eigenvalue weighted by Gasteiger charge is -2.34. The number of pyridine rings is 1. The summed E-state index contributed by atoms with van der Waals surface area (Å²) in [4.78, 5) is 33.7. The highest BCUT2D eigenvalue weighted by Crippen LogP contribution is 2.34. The van der Waals surface area contributed by atoms with Crippen molar-refractivity contribution in [3.8, 4) is 0 Å². The van der Waals surface area contributed by atoms with Crippen LogP contribution >= 0.6 is 0 Å². The Morgan fingerprint density at radius 2 is 1.97 bits per heavy atom. The van der Waals surface area contributed by atoms with Crippen LogP contribution in [0.5, 0.6) is 0 Å². The minimum absolute atomic E-state index is 0.0297. The minimum atomic E-state index is -0.302. The second kappa shape index (κ2) is 8.29. The maximum absolute atomic E-state index is 13.4. The van der Waals surface area contributed by atoms with Crippen LogP contribution in [0.4, 0.5) is 10.2 Å². The lowest BCUT2D eigenvalue weighted by atomic mass is 10.0. The molecule has 7 heteroatoms. The van der Waals surface area contributed by atoms with Gasteiger partial charge in [-0.05, 0) is 54.8 Å². The molecule has 1 aromatic carbocycles. The van der Waals surface area contributed by atoms with E-state index in [1.54, 1.807) is 18.2 Å². The summed E-state index contributed by atoms with van der Waals surface area (Å²) in [6, 6.07) is 7.95. The van der Waals surface area contributed by atoms with Crippen LogP contribution in [0.1, 0.15) is 40.7 Å². The first kappa shape index (κ1) is 19.5. The van der Waals surface area contributed by atoms with Crippen molar-refractivity contribution in [1.82, 2.24) is 14.8 Å². The third-order valence-corrected chi connectivity index (χ3v) is 5.87. The molecule has 4 rings (SSSR count). The first-order chi connectivity index (χ1) is 14.0. The molecule has 1 aromatic heterocycles. The zero-order valence-electron chi connectivity index (χ0n) is 16.5. The maximum Gasteiger partial charge on any atom is 0.255 e. The molecule has 2 amide bonds. The quantitative estimate of drug-likeness (QED) is 0.863. The van der Waals surface area contributed by atoms with Gasteiger partial charge in [0.25, 0.3) is 5.91 Å². The van der Waals surface area contributed by atoms with E-state index < -0.39 is 0 Å². The molecule has 0 saturated carbocycles. The SMILES string of the molecule is CCN1CCN(C(=O)c2ccc(NC(=O)C3CCc4cc(F)ccc43)nc2)CC1. The normalized spacial score (nSPS) is 19.1. The van der Waals surface area contributed by atoms with Crippen LogP contribution in [-0.2, 0) is 11.2 Å². The molecule has 1 saturated heterocycles. The fourth-order valence-corrected chi connectivity index (χ4v) is 4.12. The van der Waals surface area contributed by atoms with Gasteiger partial charge in [-0.3, -0.25) is 9.59 Å². The Balaban J connectivity index is 1.38. The van der Waals surface area contributed by atoms with Gasteiger partial charge in [0.1, 0.15) is 11.6 Å². The molecular formula is C22H25FN4O2. The molecule has 0 bridgehead atoms. The Hall–Kier alpha value is -2.80. The summed E-state index contributed by atoms with van der Waals surface area (Å²) in [5, 5.41) is 2.82. The third kappa shape index (κ3) is 4.15. The average molecular weight is 396 g/mol. The molecule has 0 radical (unpaired) electrons. The topological polar surface area (TPSA) is 65.5 Å². The van der Waals surface area contributed by atoms with Crippen LogP contribution in [0, 0.1) is 5.82 Å². The molecule has 1 aliphatic heterocycles. The Morgan fingerprint density at radius 1 is 1.17 bits per heavy atom. The van der Waals surface area contributed by atoms with Crippen molar-refractivity contribution >= 4 is 17.6 Å². The summed E-state index contributed by atoms with van der Waals surface area (Å²) < 4.78 is 13.4. The van der Waals surface area contributed by atoms with Gasteiger partial charge < -0.3 is 15.1 Å². The summed E-state index contributed by atoms with van der Waals surface area (Å²) in [6.07, 6.45) is 2.87. The smallest absolute Gasteiger partial charge is 0.255 e. The van der Waals surface area contributed by atoms with Crippen molar-refractivity contribution in [3.63, 3.8) is 0 Å². The van der Waals surface area contributed by atoms with Crippen LogP contribution in [0.15, 0.2) is 36.5 Å². The first-order valence-corrected chi connectivity index (χ1v) is 10.1. The van der Waals surface area contributed by atoms with Crippen LogP contribution in [0.3, 0.4) is 0 Å². The predicted molar refractivity (Wildman–Crippen MR) is 108 cm³/mol. The number of likely N-dealkylation sites (N-methyl/N-ethyl adjacent to an activating group) is 1. The number of fused-ring (bicyclic) bond motifs is 1. The number of hydrogen-bond donors (Lipinski definition) is 1. The highest BCUT2D eigenvalue weighted by molar-refractivity contribution is 5.97. The molecule has 0 spiro atoms. The van der Waals surface area contributed by atoms with E-state index in [4.69, 9.17) is 0 Å². The molecule has 1 atom stereocenters. The van der Waals surface area contributed by atoms with Crippen molar-refractivity contribution in [2.75, 3.05) is 38.0 Å². The second-order valence-electron chi connectivity index (χ2n) is 7.58. The number of hydrogen-bond acceptors (Lipinski definition) is 4. The van der Waals surface area contributed by atoms with E-state index in [0.717, 1.165) is 30.8 Å². The lowest BCUT2D eigenvalue weighted by molar-refractivity contribution is -0.117. The molecule has 2 aliphatic rings. The van der Waals surface area contributed by atoms with E-state index in [0.29, 0.717) is 37.3 Å². The summed E-state index contributed by atoms with van der Waals surface area (Å²) >= 11 is 0. The highest BCUT2D eigenvalue weighted by atomic mass is 19.1. The Morgan fingerprint density at radius 3 is 2.66 bits per heavy atom. The number of rotatable bonds is 4. The van der Waals surface area contributed by atoms with Gasteiger partial charge in [-0.15, -0.1) is 0 Å². The van der Waals surface area contributed by atoms with E-state index in [1.807, 2.05) is 4.90 Å². The number of carbonyl (C=O) groups excluding carboxylic acids is 2. The molecule has 29 heavy (non-hydrogen) atoms. The molecule has 1 unspecified atom stereocenters. The minimum Gasteiger partial charge on any atom is -0.336 e. The molecule has 6 nitrogen and oxygen atoms in total. The third-order valence-electron chi connectivity index (χ3n) is 5.87. The van der Waals surface area contributed by atoms with Gasteiger partial charge in [0.2, 0.25) is 5.91 Å². The zero-order chi connectivity index (χ0) is 20.4. The van der Waals surface area contributed by atoms with Crippen molar-refractivity contribution in [3.05, 3.63) is 59.0 Å². The van der Waals surface area contributed by atoms with Crippen LogP contribution in [-0.4, -0.2) is 59.3 Å². The number of aryl methyl sites for hydroxylation is 1. The summed E-state index contributed by atoms with van der Waals surface area (Å²) in [6.45, 7) is 6.32. The van der Waals surface area contributed by atoms with E-state index in [1.165, 1.54) is 18.3 Å². The van der Waals surface area contributed by atoms with Gasteiger partial charge in [0.05, 0.1) is 11.5 Å². The molecule has 1 N–H and O–H groups in total. The Bertz CT molecular complexity index is 908. The van der Waals surface area contributed by atoms with Crippen molar-refractivity contribution in [1.29, 1.82) is 0 Å². The molecule has 1 aliphatic carbocycles. The number of anilines is 1. The van der Waals surface area contributed by atoms with Gasteiger partial charge in [0, 0.05) is 32.4 Å². The number of nitrogens with one attached hydrogen (secondary N) is 1. The molecular weight excluding hydrogens is 371 g/mol. The summed E-state index contributed by atoms with van der Waals surface area (Å²) in [7, 11) is 0. The number of amides is 2. The second-order valence-corrected chi connectivity index (χ2v) is 7.58. The largest absolute Gasteiger partial charge is 0.336 e. The number of nitrogens with zero attached hydrogens (tertiary/aromatic N) is 3. The van der Waals surface area contributed by atoms with Crippen molar-refractivity contribution in [2.45, 2.75) is 25.7 Å². The monoisotopic (exact) mass is 396 g/mol. The van der Waals surface area contributed by atoms with Gasteiger partial charge in [-0.25, -0.2) is 9.37 Å². The number of carbonyl (C=O) groups is 2. The average Bonchev–Trinajstić information content (AvgIpc) is 3.17. The van der Waals surface area contributed by atoms with E-state index in [2.05, 4.69) is 22.1 Å². The molecule has 2 aromatic rings. The van der Waals surface area contributed by atoms with Gasteiger partial charge in [-0.2, -0.15) is 0 Å². The summed E-state index contributed by atoms with van der Waals surface area (Å²) in [5.41, 5.74) is 2.29. The molecule has 152 valence electrons. The number of piperazine rings is 1. The zero-order valence-corrected chi connectivity index (χ0v) is 16.5. The van der Waals surface area contributed by atoms with E-state index in [9.17, 15) is 14.0 Å². The van der Waals surface area contributed by atoms with E-state index >= 15 is 0 Å². The van der Waals surface area contributed by atoms with Gasteiger partial charge in [-0.1, -0.05) is 13.0 Å². The van der Waals surface area contributed by atoms with E-state index in [-0.39, 0.29) is 23.5 Å². The van der Waals surface area contributed by atoms with Crippen LogP contribution < -0.4 is 5.32 Å². The number of benzene rings is 1. The molecule has 2 heterocycles. The summed E-state index contributed by atoms with van der Waals surface area (Å²) in [5.74, 6) is -0.347. The highest BCUT2D eigenvalue weighted by Gasteiger charge is 2.29. The maximum atomic E-state index is 13.4. The van der Waals surface area contributed by atoms with Gasteiger partial charge in [0.15, 0.2) is 0 Å². The number of aromatic nitrogens is 1. The first-order valence-electron chi connectivity index (χ1n) is 10.1. The van der Waals surface area contributed by atoms with Crippen molar-refractivity contribution in [2.24, 2.45) is 0 Å². The van der Waals surface area contributed by atoms with Crippen LogP contribution in [0.25, 0.3) is 0 Å². The fraction of sp³-hybridized carbons (Fsp3) is 0.409. The predicted octanol–water partition coefficient (Wildman–Crippen LogP) is 2.67. The van der Waals surface area contributed by atoms with Crippen molar-refractivity contribution < 1.29 is 14.0 Å². The fourth-order valence-electron chi connectivity index (χ4n) is 4.12. The lowest BCUT2D eigenvalue weighted by Crippen LogP contribution is -2.48. The van der Waals surface area contributed by atoms with Gasteiger partial charge >= 0.3 is 0 Å². The number of halogens is 1.